The van der Waals surface area contributed by atoms with Gasteiger partial charge in [-0.25, -0.2) is 0 Å². The van der Waals surface area contributed by atoms with Gasteiger partial charge in [0.05, 0.1) is 7.11 Å². The average molecular weight is 359 g/mol. The van der Waals surface area contributed by atoms with Crippen LogP contribution in [0.3, 0.4) is 0 Å². The molecule has 1 aliphatic heterocycles. The van der Waals surface area contributed by atoms with Crippen molar-refractivity contribution in [3.63, 3.8) is 0 Å². The number of likely N-dealkylation sites (tertiary alicyclic amines) is 1. The molecule has 0 radical (unpaired) electrons. The van der Waals surface area contributed by atoms with Gasteiger partial charge < -0.3 is 10.1 Å². The molecule has 0 bridgehead atoms. The van der Waals surface area contributed by atoms with E-state index in [0.29, 0.717) is 0 Å². The van der Waals surface area contributed by atoms with E-state index in [1.807, 2.05) is 24.3 Å². The van der Waals surface area contributed by atoms with E-state index < -0.39 is 0 Å². The van der Waals surface area contributed by atoms with E-state index >= 15 is 0 Å². The summed E-state index contributed by atoms with van der Waals surface area (Å²) < 4.78 is 5.17. The molecule has 0 amide bonds. The highest BCUT2D eigenvalue weighted by molar-refractivity contribution is 7.84. The molecule has 136 valence electrons. The summed E-state index contributed by atoms with van der Waals surface area (Å²) in [6.07, 6.45) is 14.2. The molecule has 0 saturated carbocycles. The van der Waals surface area contributed by atoms with Gasteiger partial charge in [-0.15, -0.1) is 12.6 Å². The Hall–Kier alpha value is -1.49. The first kappa shape index (κ1) is 19.8. The van der Waals surface area contributed by atoms with Crippen molar-refractivity contribution < 1.29 is 4.74 Å². The van der Waals surface area contributed by atoms with Gasteiger partial charge in [-0.3, -0.25) is 4.90 Å². The highest BCUT2D eigenvalue weighted by atomic mass is 32.1. The Balaban J connectivity index is 1.56. The normalized spacial score (nSPS) is 16.3. The maximum atomic E-state index is 5.17. The van der Waals surface area contributed by atoms with Crippen molar-refractivity contribution in [1.82, 2.24) is 10.2 Å². The zero-order valence-electron chi connectivity index (χ0n) is 15.2. The van der Waals surface area contributed by atoms with E-state index in [0.717, 1.165) is 36.7 Å². The lowest BCUT2D eigenvalue weighted by Gasteiger charge is -2.09. The number of methoxy groups -OCH3 is 1. The smallest absolute Gasteiger partial charge is 0.118 e. The molecular formula is C21H30N2OS. The van der Waals surface area contributed by atoms with Crippen LogP contribution >= 0.6 is 12.6 Å². The Bertz CT molecular complexity index is 572. The zero-order chi connectivity index (χ0) is 17.7. The van der Waals surface area contributed by atoms with Gasteiger partial charge in [-0.05, 0) is 62.7 Å². The van der Waals surface area contributed by atoms with Crippen LogP contribution in [0.2, 0.25) is 0 Å². The molecule has 1 fully saturated rings. The third-order valence-corrected chi connectivity index (χ3v) is 4.56. The van der Waals surface area contributed by atoms with Crippen LogP contribution in [-0.2, 0) is 6.42 Å². The number of nitrogens with zero attached hydrogens (tertiary/aromatic N) is 1. The Morgan fingerprint density at radius 3 is 2.68 bits per heavy atom. The minimum atomic E-state index is 0.853. The summed E-state index contributed by atoms with van der Waals surface area (Å²) in [5.74, 6) is 0.905. The van der Waals surface area contributed by atoms with Gasteiger partial charge in [0.1, 0.15) is 5.75 Å². The summed E-state index contributed by atoms with van der Waals surface area (Å²) in [7, 11) is 1.69. The molecule has 0 unspecified atom stereocenters. The standard InChI is InChI=1S/C21H30N2OS/c1-24-20-11-9-19(10-12-20)13-15-22-14-6-8-21(25)7-2-3-16-23-17-4-5-18-23/h2-3,6-12,22,25H,4-5,13-18H2,1H3/b3-2+,8-6+,21-7-. The van der Waals surface area contributed by atoms with E-state index in [1.165, 1.54) is 31.5 Å². The quantitative estimate of drug-likeness (QED) is 0.377. The van der Waals surface area contributed by atoms with Gasteiger partial charge in [0.25, 0.3) is 0 Å². The molecule has 1 aromatic carbocycles. The molecule has 2 rings (SSSR count). The summed E-state index contributed by atoms with van der Waals surface area (Å²) in [5, 5.41) is 3.42. The van der Waals surface area contributed by atoms with Crippen molar-refractivity contribution in [3.8, 4) is 5.75 Å². The minimum absolute atomic E-state index is 0.853. The van der Waals surface area contributed by atoms with Crippen LogP contribution in [0.5, 0.6) is 5.75 Å². The number of allylic oxidation sites excluding steroid dienone is 3. The average Bonchev–Trinajstić information content (AvgIpc) is 3.15. The summed E-state index contributed by atoms with van der Waals surface area (Å²) in [4.78, 5) is 3.46. The maximum absolute atomic E-state index is 5.17. The molecule has 25 heavy (non-hydrogen) atoms. The number of rotatable bonds is 10. The van der Waals surface area contributed by atoms with E-state index in [9.17, 15) is 0 Å². The van der Waals surface area contributed by atoms with E-state index in [-0.39, 0.29) is 0 Å². The Morgan fingerprint density at radius 1 is 1.20 bits per heavy atom. The summed E-state index contributed by atoms with van der Waals surface area (Å²) in [6.45, 7) is 5.34. The fourth-order valence-electron chi connectivity index (χ4n) is 2.79. The highest BCUT2D eigenvalue weighted by Crippen LogP contribution is 2.11. The largest absolute Gasteiger partial charge is 0.497 e. The predicted molar refractivity (Wildman–Crippen MR) is 111 cm³/mol. The molecule has 0 atom stereocenters. The van der Waals surface area contributed by atoms with Crippen LogP contribution in [0.25, 0.3) is 0 Å². The van der Waals surface area contributed by atoms with Crippen LogP contribution in [0.1, 0.15) is 18.4 Å². The number of thiol groups is 1. The molecule has 4 heteroatoms. The Morgan fingerprint density at radius 2 is 1.96 bits per heavy atom. The van der Waals surface area contributed by atoms with Gasteiger partial charge in [0, 0.05) is 18.0 Å². The topological polar surface area (TPSA) is 24.5 Å². The monoisotopic (exact) mass is 358 g/mol. The molecule has 0 aliphatic carbocycles. The third kappa shape index (κ3) is 8.43. The summed E-state index contributed by atoms with van der Waals surface area (Å²) in [6, 6.07) is 8.23. The lowest BCUT2D eigenvalue weighted by Crippen LogP contribution is -2.18. The van der Waals surface area contributed by atoms with E-state index in [1.54, 1.807) is 7.11 Å². The molecule has 1 saturated heterocycles. The molecule has 0 spiro atoms. The van der Waals surface area contributed by atoms with E-state index in [2.05, 4.69) is 53.2 Å². The predicted octanol–water partition coefficient (Wildman–Crippen LogP) is 3.85. The first-order valence-electron chi connectivity index (χ1n) is 9.06. The Kier molecular flexibility index (Phi) is 9.49. The summed E-state index contributed by atoms with van der Waals surface area (Å²) in [5.41, 5.74) is 1.31. The van der Waals surface area contributed by atoms with Crippen molar-refractivity contribution >= 4 is 12.6 Å². The van der Waals surface area contributed by atoms with E-state index in [4.69, 9.17) is 4.74 Å². The van der Waals surface area contributed by atoms with Crippen molar-refractivity contribution in [2.24, 2.45) is 0 Å². The number of hydrogen-bond donors (Lipinski definition) is 2. The number of ether oxygens (including phenoxy) is 1. The maximum Gasteiger partial charge on any atom is 0.118 e. The Labute approximate surface area is 157 Å². The van der Waals surface area contributed by atoms with Gasteiger partial charge in [0.15, 0.2) is 0 Å². The molecule has 1 aliphatic rings. The number of benzene rings is 1. The molecule has 1 heterocycles. The second-order valence-corrected chi connectivity index (χ2v) is 6.75. The van der Waals surface area contributed by atoms with Crippen molar-refractivity contribution in [3.05, 3.63) is 65.1 Å². The lowest BCUT2D eigenvalue weighted by molar-refractivity contribution is 0.377. The molecule has 0 aromatic heterocycles. The van der Waals surface area contributed by atoms with Gasteiger partial charge in [0.2, 0.25) is 0 Å². The van der Waals surface area contributed by atoms with Gasteiger partial charge in [-0.1, -0.05) is 36.4 Å². The van der Waals surface area contributed by atoms with Gasteiger partial charge in [-0.2, -0.15) is 0 Å². The van der Waals surface area contributed by atoms with Crippen molar-refractivity contribution in [2.45, 2.75) is 19.3 Å². The lowest BCUT2D eigenvalue weighted by atomic mass is 10.1. The van der Waals surface area contributed by atoms with Crippen LogP contribution in [0.15, 0.2) is 59.6 Å². The van der Waals surface area contributed by atoms with Crippen LogP contribution in [0.4, 0.5) is 0 Å². The zero-order valence-corrected chi connectivity index (χ0v) is 16.1. The third-order valence-electron chi connectivity index (χ3n) is 4.27. The number of hydrogen-bond acceptors (Lipinski definition) is 4. The molecule has 1 aromatic rings. The SMILES string of the molecule is COc1ccc(CCNC/C=C/C(S)=C/C=C/CN2CCCC2)cc1. The fraction of sp³-hybridized carbons (Fsp3) is 0.429. The minimum Gasteiger partial charge on any atom is -0.497 e. The second kappa shape index (κ2) is 12.0. The second-order valence-electron chi connectivity index (χ2n) is 6.23. The van der Waals surface area contributed by atoms with Gasteiger partial charge >= 0.3 is 0 Å². The van der Waals surface area contributed by atoms with Crippen molar-refractivity contribution in [1.29, 1.82) is 0 Å². The molecule has 3 nitrogen and oxygen atoms in total. The highest BCUT2D eigenvalue weighted by Gasteiger charge is 2.08. The van der Waals surface area contributed by atoms with Crippen LogP contribution < -0.4 is 10.1 Å². The molecule has 1 N–H and O–H groups in total. The summed E-state index contributed by atoms with van der Waals surface area (Å²) >= 11 is 4.48. The first-order valence-corrected chi connectivity index (χ1v) is 9.51. The van der Waals surface area contributed by atoms with Crippen LogP contribution in [-0.4, -0.2) is 44.7 Å². The number of nitrogens with one attached hydrogen (secondary N) is 1. The first-order chi connectivity index (χ1) is 12.3. The molecular weight excluding hydrogens is 328 g/mol. The van der Waals surface area contributed by atoms with Crippen molar-refractivity contribution in [2.75, 3.05) is 39.8 Å². The van der Waals surface area contributed by atoms with Crippen LogP contribution in [0, 0.1) is 0 Å². The fourth-order valence-corrected chi connectivity index (χ4v) is 2.98.